The molecule has 6 heteroatoms. The van der Waals surface area contributed by atoms with Crippen molar-refractivity contribution in [2.45, 2.75) is 45.8 Å². The molecule has 0 aliphatic heterocycles. The number of rotatable bonds is 4. The van der Waals surface area contributed by atoms with Gasteiger partial charge in [0.25, 0.3) is 5.56 Å². The van der Waals surface area contributed by atoms with Crippen LogP contribution in [0.15, 0.2) is 35.6 Å². The fourth-order valence-corrected chi connectivity index (χ4v) is 2.01. The highest BCUT2D eigenvalue weighted by molar-refractivity contribution is 5.32. The first-order valence-electron chi connectivity index (χ1n) is 6.70. The first-order chi connectivity index (χ1) is 9.38. The normalized spacial score (nSPS) is 13.2. The fraction of sp³-hybridized carbons (Fsp3) is 0.500. The van der Waals surface area contributed by atoms with Crippen LogP contribution in [0.2, 0.25) is 0 Å². The Balaban J connectivity index is 2.16. The molecule has 20 heavy (non-hydrogen) atoms. The van der Waals surface area contributed by atoms with E-state index in [-0.39, 0.29) is 17.1 Å². The lowest BCUT2D eigenvalue weighted by Crippen LogP contribution is -2.36. The monoisotopic (exact) mass is 275 g/mol. The van der Waals surface area contributed by atoms with Gasteiger partial charge in [0.1, 0.15) is 0 Å². The SMILES string of the molecule is CC(Cn1cccn1)Nc1nccn(C(C)(C)C)c1=O. The van der Waals surface area contributed by atoms with E-state index in [9.17, 15) is 4.79 Å². The number of nitrogens with zero attached hydrogens (tertiary/aromatic N) is 4. The van der Waals surface area contributed by atoms with Gasteiger partial charge in [0, 0.05) is 36.4 Å². The molecule has 0 fully saturated rings. The van der Waals surface area contributed by atoms with Crippen molar-refractivity contribution < 1.29 is 0 Å². The van der Waals surface area contributed by atoms with Crippen molar-refractivity contribution in [3.8, 4) is 0 Å². The van der Waals surface area contributed by atoms with Crippen molar-refractivity contribution in [3.63, 3.8) is 0 Å². The maximum Gasteiger partial charge on any atom is 0.293 e. The van der Waals surface area contributed by atoms with Crippen molar-refractivity contribution in [1.82, 2.24) is 19.3 Å². The lowest BCUT2D eigenvalue weighted by molar-refractivity contribution is 0.383. The molecule has 0 aromatic carbocycles. The third kappa shape index (κ3) is 3.26. The van der Waals surface area contributed by atoms with E-state index in [1.807, 2.05) is 44.6 Å². The molecule has 0 aliphatic carbocycles. The maximum absolute atomic E-state index is 12.4. The number of nitrogens with one attached hydrogen (secondary N) is 1. The smallest absolute Gasteiger partial charge is 0.293 e. The van der Waals surface area contributed by atoms with Crippen LogP contribution in [-0.4, -0.2) is 25.4 Å². The molecule has 1 atom stereocenters. The quantitative estimate of drug-likeness (QED) is 0.922. The largest absolute Gasteiger partial charge is 0.361 e. The molecular weight excluding hydrogens is 254 g/mol. The Bertz CT molecular complexity index is 609. The van der Waals surface area contributed by atoms with Gasteiger partial charge in [-0.2, -0.15) is 5.10 Å². The summed E-state index contributed by atoms with van der Waals surface area (Å²) < 4.78 is 3.51. The Morgan fingerprint density at radius 3 is 2.65 bits per heavy atom. The molecule has 1 unspecified atom stereocenters. The third-order valence-corrected chi connectivity index (χ3v) is 2.97. The molecule has 0 aliphatic rings. The fourth-order valence-electron chi connectivity index (χ4n) is 2.01. The van der Waals surface area contributed by atoms with E-state index < -0.39 is 0 Å². The highest BCUT2D eigenvalue weighted by atomic mass is 16.1. The summed E-state index contributed by atoms with van der Waals surface area (Å²) in [5, 5.41) is 7.31. The molecule has 0 saturated heterocycles. The minimum atomic E-state index is -0.262. The third-order valence-electron chi connectivity index (χ3n) is 2.97. The van der Waals surface area contributed by atoms with Gasteiger partial charge in [-0.05, 0) is 33.8 Å². The summed E-state index contributed by atoms with van der Waals surface area (Å²) in [6.07, 6.45) is 6.99. The van der Waals surface area contributed by atoms with E-state index >= 15 is 0 Å². The molecule has 0 spiro atoms. The van der Waals surface area contributed by atoms with Crippen LogP contribution in [-0.2, 0) is 12.1 Å². The standard InChI is InChI=1S/C14H21N5O/c1-11(10-18-8-5-6-16-18)17-12-13(20)19(9-7-15-12)14(2,3)4/h5-9,11H,10H2,1-4H3,(H,15,17). The Morgan fingerprint density at radius 1 is 1.30 bits per heavy atom. The summed E-state index contributed by atoms with van der Waals surface area (Å²) in [6, 6.07) is 1.94. The van der Waals surface area contributed by atoms with Gasteiger partial charge >= 0.3 is 0 Å². The van der Waals surface area contributed by atoms with Crippen molar-refractivity contribution >= 4 is 5.82 Å². The van der Waals surface area contributed by atoms with E-state index in [1.54, 1.807) is 23.2 Å². The van der Waals surface area contributed by atoms with Crippen molar-refractivity contribution in [2.75, 3.05) is 5.32 Å². The molecule has 0 bridgehead atoms. The summed E-state index contributed by atoms with van der Waals surface area (Å²) in [6.45, 7) is 8.65. The molecule has 108 valence electrons. The predicted molar refractivity (Wildman–Crippen MR) is 78.8 cm³/mol. The van der Waals surface area contributed by atoms with Gasteiger partial charge in [-0.3, -0.25) is 9.48 Å². The number of hydrogen-bond acceptors (Lipinski definition) is 4. The Morgan fingerprint density at radius 2 is 2.05 bits per heavy atom. The number of aromatic nitrogens is 4. The first-order valence-corrected chi connectivity index (χ1v) is 6.70. The second kappa shape index (κ2) is 5.48. The topological polar surface area (TPSA) is 64.7 Å². The van der Waals surface area contributed by atoms with E-state index in [0.717, 1.165) is 0 Å². The summed E-state index contributed by atoms with van der Waals surface area (Å²) in [7, 11) is 0. The summed E-state index contributed by atoms with van der Waals surface area (Å²) >= 11 is 0. The highest BCUT2D eigenvalue weighted by Gasteiger charge is 2.17. The minimum absolute atomic E-state index is 0.0610. The molecule has 0 amide bonds. The zero-order chi connectivity index (χ0) is 14.8. The maximum atomic E-state index is 12.4. The van der Waals surface area contributed by atoms with Gasteiger partial charge in [0.15, 0.2) is 5.82 Å². The molecular formula is C14H21N5O. The molecule has 0 saturated carbocycles. The van der Waals surface area contributed by atoms with Gasteiger partial charge in [-0.1, -0.05) is 0 Å². The van der Waals surface area contributed by atoms with Crippen LogP contribution >= 0.6 is 0 Å². The van der Waals surface area contributed by atoms with Crippen LogP contribution in [0.4, 0.5) is 5.82 Å². The van der Waals surface area contributed by atoms with Gasteiger partial charge in [0.2, 0.25) is 0 Å². The van der Waals surface area contributed by atoms with Crippen LogP contribution in [0.25, 0.3) is 0 Å². The zero-order valence-electron chi connectivity index (χ0n) is 12.4. The highest BCUT2D eigenvalue weighted by Crippen LogP contribution is 2.11. The van der Waals surface area contributed by atoms with Crippen LogP contribution in [0, 0.1) is 0 Å². The van der Waals surface area contributed by atoms with Crippen molar-refractivity contribution in [2.24, 2.45) is 0 Å². The van der Waals surface area contributed by atoms with E-state index in [4.69, 9.17) is 0 Å². The second-order valence-electron chi connectivity index (χ2n) is 5.90. The first kappa shape index (κ1) is 14.3. The van der Waals surface area contributed by atoms with E-state index in [0.29, 0.717) is 12.4 Å². The van der Waals surface area contributed by atoms with Crippen molar-refractivity contribution in [1.29, 1.82) is 0 Å². The molecule has 2 aromatic rings. The molecule has 2 rings (SSSR count). The molecule has 2 heterocycles. The van der Waals surface area contributed by atoms with Crippen LogP contribution in [0.3, 0.4) is 0 Å². The van der Waals surface area contributed by atoms with Gasteiger partial charge < -0.3 is 9.88 Å². The molecule has 0 radical (unpaired) electrons. The minimum Gasteiger partial charge on any atom is -0.361 e. The molecule has 1 N–H and O–H groups in total. The van der Waals surface area contributed by atoms with E-state index in [2.05, 4.69) is 15.4 Å². The predicted octanol–water partition coefficient (Wildman–Crippen LogP) is 1.70. The summed E-state index contributed by atoms with van der Waals surface area (Å²) in [5.41, 5.74) is -0.367. The molecule has 6 nitrogen and oxygen atoms in total. The Labute approximate surface area is 118 Å². The zero-order valence-corrected chi connectivity index (χ0v) is 12.4. The van der Waals surface area contributed by atoms with Crippen LogP contribution in [0.5, 0.6) is 0 Å². The van der Waals surface area contributed by atoms with Crippen molar-refractivity contribution in [3.05, 3.63) is 41.2 Å². The number of hydrogen-bond donors (Lipinski definition) is 1. The Hall–Kier alpha value is -2.11. The lowest BCUT2D eigenvalue weighted by Gasteiger charge is -2.23. The average Bonchev–Trinajstić information content (AvgIpc) is 2.83. The van der Waals surface area contributed by atoms with Crippen LogP contribution in [0.1, 0.15) is 27.7 Å². The van der Waals surface area contributed by atoms with Gasteiger partial charge in [0.05, 0.1) is 6.54 Å². The average molecular weight is 275 g/mol. The second-order valence-corrected chi connectivity index (χ2v) is 5.90. The summed E-state index contributed by atoms with van der Waals surface area (Å²) in [5.74, 6) is 0.377. The van der Waals surface area contributed by atoms with E-state index in [1.165, 1.54) is 0 Å². The van der Waals surface area contributed by atoms with Crippen LogP contribution < -0.4 is 10.9 Å². The Kier molecular flexibility index (Phi) is 3.92. The van der Waals surface area contributed by atoms with Gasteiger partial charge in [-0.15, -0.1) is 0 Å². The molecule has 2 aromatic heterocycles. The van der Waals surface area contributed by atoms with Gasteiger partial charge in [-0.25, -0.2) is 4.98 Å². The number of anilines is 1. The lowest BCUT2D eigenvalue weighted by atomic mass is 10.1. The summed E-state index contributed by atoms with van der Waals surface area (Å²) in [4.78, 5) is 16.5.